The molecule has 11 heavy (non-hydrogen) atoms. The average molecular weight is 155 g/mol. The van der Waals surface area contributed by atoms with Gasteiger partial charge in [-0.1, -0.05) is 6.92 Å². The number of anilines is 1. The highest BCUT2D eigenvalue weighted by molar-refractivity contribution is 5.21. The largest absolute Gasteiger partial charge is 0.354 e. The topological polar surface area (TPSA) is 37.8 Å². The Bertz CT molecular complexity index is 209. The van der Waals surface area contributed by atoms with Crippen molar-refractivity contribution in [3.8, 4) is 0 Å². The van der Waals surface area contributed by atoms with Gasteiger partial charge >= 0.3 is 0 Å². The summed E-state index contributed by atoms with van der Waals surface area (Å²) < 4.78 is 12.3. The van der Waals surface area contributed by atoms with Crippen LogP contribution in [-0.2, 0) is 0 Å². The molecule has 0 atom stereocenters. The van der Waals surface area contributed by atoms with E-state index >= 15 is 0 Å². The molecule has 0 saturated carbocycles. The minimum atomic E-state index is -0.410. The molecule has 3 nitrogen and oxygen atoms in total. The Kier molecular flexibility index (Phi) is 2.77. The average Bonchev–Trinajstić information content (AvgIpc) is 2.04. The van der Waals surface area contributed by atoms with Gasteiger partial charge in [0.2, 0.25) is 5.95 Å². The highest BCUT2D eigenvalue weighted by Gasteiger charge is 1.93. The van der Waals surface area contributed by atoms with Crippen molar-refractivity contribution in [2.24, 2.45) is 0 Å². The van der Waals surface area contributed by atoms with Gasteiger partial charge in [0.1, 0.15) is 0 Å². The first-order valence-electron chi connectivity index (χ1n) is 3.54. The van der Waals surface area contributed by atoms with E-state index in [0.717, 1.165) is 25.4 Å². The van der Waals surface area contributed by atoms with E-state index in [0.29, 0.717) is 5.95 Å². The van der Waals surface area contributed by atoms with Crippen LogP contribution in [-0.4, -0.2) is 16.5 Å². The molecule has 0 spiro atoms. The Morgan fingerprint density at radius 2 is 2.09 bits per heavy atom. The first-order chi connectivity index (χ1) is 5.33. The number of hydrogen-bond acceptors (Lipinski definition) is 3. The Morgan fingerprint density at radius 1 is 1.45 bits per heavy atom. The standard InChI is InChI=1S/C7H10FN3/c1-2-3-9-7-10-4-6(8)5-11-7/h4-5H,2-3H2,1H3,(H,9,10,11). The summed E-state index contributed by atoms with van der Waals surface area (Å²) in [5.74, 6) is 0.0697. The van der Waals surface area contributed by atoms with Gasteiger partial charge < -0.3 is 5.32 Å². The predicted octanol–water partition coefficient (Wildman–Crippen LogP) is 1.44. The number of nitrogens with zero attached hydrogens (tertiary/aromatic N) is 2. The van der Waals surface area contributed by atoms with Crippen LogP contribution in [0.2, 0.25) is 0 Å². The molecule has 0 amide bonds. The van der Waals surface area contributed by atoms with Crippen LogP contribution in [0, 0.1) is 5.82 Å². The summed E-state index contributed by atoms with van der Waals surface area (Å²) >= 11 is 0. The molecular formula is C7H10FN3. The van der Waals surface area contributed by atoms with E-state index in [1.807, 2.05) is 6.92 Å². The van der Waals surface area contributed by atoms with E-state index in [4.69, 9.17) is 0 Å². The second-order valence-corrected chi connectivity index (χ2v) is 2.15. The highest BCUT2D eigenvalue weighted by Crippen LogP contribution is 1.97. The first kappa shape index (κ1) is 7.91. The quantitative estimate of drug-likeness (QED) is 0.717. The van der Waals surface area contributed by atoms with Crippen LogP contribution in [0.4, 0.5) is 10.3 Å². The monoisotopic (exact) mass is 155 g/mol. The van der Waals surface area contributed by atoms with Crippen molar-refractivity contribution < 1.29 is 4.39 Å². The molecule has 0 fully saturated rings. The number of rotatable bonds is 3. The van der Waals surface area contributed by atoms with Gasteiger partial charge in [0.15, 0.2) is 5.82 Å². The van der Waals surface area contributed by atoms with Crippen molar-refractivity contribution in [2.45, 2.75) is 13.3 Å². The molecule has 0 aliphatic heterocycles. The number of nitrogens with one attached hydrogen (secondary N) is 1. The maximum Gasteiger partial charge on any atom is 0.222 e. The zero-order valence-electron chi connectivity index (χ0n) is 6.34. The lowest BCUT2D eigenvalue weighted by molar-refractivity contribution is 0.614. The maximum atomic E-state index is 12.3. The Hall–Kier alpha value is -1.19. The van der Waals surface area contributed by atoms with Gasteiger partial charge in [0.05, 0.1) is 12.4 Å². The lowest BCUT2D eigenvalue weighted by Crippen LogP contribution is -2.03. The summed E-state index contributed by atoms with van der Waals surface area (Å²) in [6.45, 7) is 2.85. The van der Waals surface area contributed by atoms with Gasteiger partial charge in [-0.15, -0.1) is 0 Å². The highest BCUT2D eigenvalue weighted by atomic mass is 19.1. The predicted molar refractivity (Wildman–Crippen MR) is 40.8 cm³/mol. The van der Waals surface area contributed by atoms with Crippen molar-refractivity contribution >= 4 is 5.95 Å². The third-order valence-corrected chi connectivity index (χ3v) is 1.15. The van der Waals surface area contributed by atoms with E-state index in [1.165, 1.54) is 0 Å². The second kappa shape index (κ2) is 3.85. The Balaban J connectivity index is 2.52. The van der Waals surface area contributed by atoms with Crippen molar-refractivity contribution in [1.82, 2.24) is 9.97 Å². The third-order valence-electron chi connectivity index (χ3n) is 1.15. The van der Waals surface area contributed by atoms with E-state index < -0.39 is 5.82 Å². The molecular weight excluding hydrogens is 145 g/mol. The zero-order chi connectivity index (χ0) is 8.10. The van der Waals surface area contributed by atoms with Crippen LogP contribution in [0.1, 0.15) is 13.3 Å². The second-order valence-electron chi connectivity index (χ2n) is 2.15. The lowest BCUT2D eigenvalue weighted by Gasteiger charge is -1.99. The summed E-state index contributed by atoms with van der Waals surface area (Å²) in [7, 11) is 0. The normalized spacial score (nSPS) is 9.64. The van der Waals surface area contributed by atoms with Crippen molar-refractivity contribution in [3.05, 3.63) is 18.2 Å². The lowest BCUT2D eigenvalue weighted by atomic mass is 10.5. The molecule has 60 valence electrons. The van der Waals surface area contributed by atoms with E-state index in [1.54, 1.807) is 0 Å². The molecule has 0 bridgehead atoms. The minimum Gasteiger partial charge on any atom is -0.354 e. The Morgan fingerprint density at radius 3 is 2.64 bits per heavy atom. The van der Waals surface area contributed by atoms with Gasteiger partial charge in [0.25, 0.3) is 0 Å². The smallest absolute Gasteiger partial charge is 0.222 e. The van der Waals surface area contributed by atoms with Gasteiger partial charge in [-0.25, -0.2) is 14.4 Å². The third kappa shape index (κ3) is 2.49. The van der Waals surface area contributed by atoms with Crippen molar-refractivity contribution in [2.75, 3.05) is 11.9 Å². The maximum absolute atomic E-state index is 12.3. The molecule has 4 heteroatoms. The Labute approximate surface area is 64.7 Å². The summed E-state index contributed by atoms with van der Waals surface area (Å²) in [4.78, 5) is 7.44. The fourth-order valence-electron chi connectivity index (χ4n) is 0.640. The molecule has 0 aromatic carbocycles. The zero-order valence-corrected chi connectivity index (χ0v) is 6.34. The first-order valence-corrected chi connectivity index (χ1v) is 3.54. The summed E-state index contributed by atoms with van der Waals surface area (Å²) in [6, 6.07) is 0. The van der Waals surface area contributed by atoms with Crippen LogP contribution < -0.4 is 5.32 Å². The summed E-state index contributed by atoms with van der Waals surface area (Å²) in [5, 5.41) is 2.93. The molecule has 1 aromatic rings. The van der Waals surface area contributed by atoms with Crippen molar-refractivity contribution in [1.29, 1.82) is 0 Å². The van der Waals surface area contributed by atoms with Crippen LogP contribution in [0.3, 0.4) is 0 Å². The fraction of sp³-hybridized carbons (Fsp3) is 0.429. The molecule has 1 N–H and O–H groups in total. The minimum absolute atomic E-state index is 0.410. The van der Waals surface area contributed by atoms with Crippen LogP contribution in [0.15, 0.2) is 12.4 Å². The molecule has 0 unspecified atom stereocenters. The van der Waals surface area contributed by atoms with Gasteiger partial charge in [-0.05, 0) is 6.42 Å². The SMILES string of the molecule is CCCNc1ncc(F)cn1. The fourth-order valence-corrected chi connectivity index (χ4v) is 0.640. The van der Waals surface area contributed by atoms with Gasteiger partial charge in [-0.3, -0.25) is 0 Å². The van der Waals surface area contributed by atoms with Gasteiger partial charge in [0, 0.05) is 6.54 Å². The molecule has 0 aliphatic carbocycles. The number of hydrogen-bond donors (Lipinski definition) is 1. The molecule has 0 radical (unpaired) electrons. The molecule has 0 aliphatic rings. The van der Waals surface area contributed by atoms with Gasteiger partial charge in [-0.2, -0.15) is 0 Å². The molecule has 1 rings (SSSR count). The van der Waals surface area contributed by atoms with Crippen LogP contribution in [0.5, 0.6) is 0 Å². The molecule has 0 saturated heterocycles. The number of halogens is 1. The molecule has 1 aromatic heterocycles. The van der Waals surface area contributed by atoms with Crippen LogP contribution in [0.25, 0.3) is 0 Å². The number of aromatic nitrogens is 2. The van der Waals surface area contributed by atoms with E-state index in [9.17, 15) is 4.39 Å². The van der Waals surface area contributed by atoms with E-state index in [2.05, 4.69) is 15.3 Å². The van der Waals surface area contributed by atoms with E-state index in [-0.39, 0.29) is 0 Å². The van der Waals surface area contributed by atoms with Crippen LogP contribution >= 0.6 is 0 Å². The summed E-state index contributed by atoms with van der Waals surface area (Å²) in [6.07, 6.45) is 3.29. The van der Waals surface area contributed by atoms with Crippen molar-refractivity contribution in [3.63, 3.8) is 0 Å². The summed E-state index contributed by atoms with van der Waals surface area (Å²) in [5.41, 5.74) is 0. The molecule has 1 heterocycles.